The maximum Gasteiger partial charge on any atom is 0.411 e. The number of carbonyl (C=O) groups is 4. The normalized spacial score (nSPS) is 20.1. The number of amides is 4. The number of pyridine rings is 2. The zero-order chi connectivity index (χ0) is 61.6. The number of carbonyl (C=O) groups excluding carboxylic acids is 4. The average Bonchev–Trinajstić information content (AvgIpc) is 2.75. The first kappa shape index (κ1) is 64.0. The minimum absolute atomic E-state index is 0.0485. The van der Waals surface area contributed by atoms with Crippen LogP contribution >= 0.6 is 0 Å². The van der Waals surface area contributed by atoms with Crippen molar-refractivity contribution in [1.82, 2.24) is 45.5 Å². The Bertz CT molecular complexity index is 3190. The molecule has 7 heterocycles. The molecule has 0 saturated carbocycles. The van der Waals surface area contributed by atoms with E-state index in [2.05, 4.69) is 35.7 Å². The second kappa shape index (κ2) is 26.3. The van der Waals surface area contributed by atoms with Crippen molar-refractivity contribution >= 4 is 45.8 Å². The molecule has 85 heavy (non-hydrogen) atoms. The van der Waals surface area contributed by atoms with Gasteiger partial charge in [-0.15, -0.1) is 0 Å². The minimum atomic E-state index is -1.07. The van der Waals surface area contributed by atoms with Gasteiger partial charge in [-0.3, -0.25) is 44.0 Å². The van der Waals surface area contributed by atoms with Crippen LogP contribution in [0.4, 0.5) is 13.6 Å². The molecule has 5 N–H and O–H groups in total. The summed E-state index contributed by atoms with van der Waals surface area (Å²) in [5.74, 6) is 0.388. The van der Waals surface area contributed by atoms with Crippen molar-refractivity contribution in [3.8, 4) is 5.75 Å². The van der Waals surface area contributed by atoms with E-state index in [1.165, 1.54) is 4.90 Å². The number of furan rings is 2. The van der Waals surface area contributed by atoms with Gasteiger partial charge in [-0.2, -0.15) is 0 Å². The van der Waals surface area contributed by atoms with Gasteiger partial charge in [0.2, 0.25) is 17.7 Å². The van der Waals surface area contributed by atoms with Gasteiger partial charge in [0.15, 0.2) is 0 Å². The molecule has 0 bridgehead atoms. The highest BCUT2D eigenvalue weighted by Crippen LogP contribution is 2.37. The molecule has 4 aromatic heterocycles. The zero-order valence-corrected chi connectivity index (χ0v) is 50.9. The van der Waals surface area contributed by atoms with Gasteiger partial charge in [0.25, 0.3) is 0 Å². The molecule has 0 unspecified atom stereocenters. The third-order valence-corrected chi connectivity index (χ3v) is 16.2. The Morgan fingerprint density at radius 3 is 1.79 bits per heavy atom. The number of ether oxygens (including phenoxy) is 2. The topological polar surface area (TPSA) is 228 Å². The number of aliphatic hydroxyl groups excluding tert-OH is 2. The van der Waals surface area contributed by atoms with Crippen LogP contribution in [0.1, 0.15) is 111 Å². The van der Waals surface area contributed by atoms with Gasteiger partial charge in [-0.05, 0) is 125 Å². The highest BCUT2D eigenvalue weighted by atomic mass is 19.1. The maximum atomic E-state index is 14.0. The number of aromatic nitrogens is 2. The number of benzene rings is 2. The Hall–Kier alpha value is -7.04. The van der Waals surface area contributed by atoms with E-state index in [-0.39, 0.29) is 44.5 Å². The van der Waals surface area contributed by atoms with Crippen LogP contribution in [0.5, 0.6) is 5.75 Å². The van der Waals surface area contributed by atoms with Crippen molar-refractivity contribution in [2.75, 3.05) is 65.8 Å². The molecule has 3 aliphatic rings. The predicted molar refractivity (Wildman–Crippen MR) is 319 cm³/mol. The quantitative estimate of drug-likeness (QED) is 0.0550. The molecule has 2 aromatic carbocycles. The maximum absolute atomic E-state index is 14.0. The molecular formula is C64H85F2N9O10. The van der Waals surface area contributed by atoms with Crippen molar-refractivity contribution in [3.05, 3.63) is 126 Å². The number of halogens is 2. The van der Waals surface area contributed by atoms with Crippen LogP contribution in [0.2, 0.25) is 0 Å². The molecule has 3 aliphatic heterocycles. The molecule has 4 amide bonds. The lowest BCUT2D eigenvalue weighted by Crippen LogP contribution is -2.65. The molecule has 2 fully saturated rings. The van der Waals surface area contributed by atoms with Crippen LogP contribution in [0.3, 0.4) is 0 Å². The van der Waals surface area contributed by atoms with Crippen LogP contribution in [0, 0.1) is 5.92 Å². The summed E-state index contributed by atoms with van der Waals surface area (Å²) in [5, 5.41) is 32.9. The van der Waals surface area contributed by atoms with Crippen LogP contribution < -0.4 is 20.7 Å². The number of β-amino-alcohol motifs (C(OH)–C–C–N with tert-alkyl or cyclic N) is 1. The molecule has 9 rings (SSSR count). The van der Waals surface area contributed by atoms with Gasteiger partial charge in [0.05, 0.1) is 34.3 Å². The fourth-order valence-electron chi connectivity index (χ4n) is 11.1. The van der Waals surface area contributed by atoms with Crippen LogP contribution in [-0.4, -0.2) is 170 Å². The van der Waals surface area contributed by atoms with E-state index < -0.39 is 89.4 Å². The first-order chi connectivity index (χ1) is 40.1. The average molecular weight is 1180 g/mol. The van der Waals surface area contributed by atoms with Crippen LogP contribution in [-0.2, 0) is 36.6 Å². The highest BCUT2D eigenvalue weighted by molar-refractivity contribution is 5.87. The lowest BCUT2D eigenvalue weighted by atomic mass is 9.90. The lowest BCUT2D eigenvalue weighted by Gasteiger charge is -2.47. The van der Waals surface area contributed by atoms with Gasteiger partial charge >= 0.3 is 6.09 Å². The number of nitrogens with one attached hydrogen (secondary N) is 3. The number of hydrogen-bond donors (Lipinski definition) is 5. The number of para-hydroxylation sites is 1. The summed E-state index contributed by atoms with van der Waals surface area (Å²) in [4.78, 5) is 70.0. The van der Waals surface area contributed by atoms with E-state index >= 15 is 0 Å². The fraction of sp³-hybridized carbons (Fsp3) is 0.531. The molecule has 0 spiro atoms. The van der Waals surface area contributed by atoms with Gasteiger partial charge in [0, 0.05) is 92.9 Å². The number of aliphatic hydroxyl groups is 2. The largest absolute Gasteiger partial charge is 0.490 e. The number of rotatable bonds is 18. The van der Waals surface area contributed by atoms with Gasteiger partial charge in [-0.25, -0.2) is 13.6 Å². The number of alkyl halides is 2. The zero-order valence-electron chi connectivity index (χ0n) is 50.9. The number of hydrogen-bond acceptors (Lipinski definition) is 15. The first-order valence-corrected chi connectivity index (χ1v) is 29.2. The third-order valence-electron chi connectivity index (χ3n) is 16.2. The van der Waals surface area contributed by atoms with Crippen molar-refractivity contribution < 1.29 is 56.5 Å². The van der Waals surface area contributed by atoms with E-state index in [1.807, 2.05) is 111 Å². The molecule has 2 saturated heterocycles. The van der Waals surface area contributed by atoms with Crippen molar-refractivity contribution in [1.29, 1.82) is 0 Å². The van der Waals surface area contributed by atoms with Gasteiger partial charge in [-0.1, -0.05) is 48.5 Å². The van der Waals surface area contributed by atoms with Gasteiger partial charge in [0.1, 0.15) is 72.2 Å². The van der Waals surface area contributed by atoms with Crippen molar-refractivity contribution in [2.45, 2.75) is 147 Å². The highest BCUT2D eigenvalue weighted by Gasteiger charge is 2.46. The monoisotopic (exact) mass is 1180 g/mol. The summed E-state index contributed by atoms with van der Waals surface area (Å²) < 4.78 is 50.9. The SMILES string of the molecule is CC(C)(CF)NC(=O)[C@@H]1CN(C(C)(C)c2cc3cnccc3o2)CCN1C(=O)OC(C)(C)C.CC(C)(CF)NC(=O)[C@@H]1CN(C(C)(C)c2cc3cnccc3o2)CCN1C[C@@H](O)C[C@@H](Cc1ccccc1)C(=O)N[C@H]1c2ccccc2OC[C@H]1O. The summed E-state index contributed by atoms with van der Waals surface area (Å²) in [5.41, 5.74) is -0.878. The van der Waals surface area contributed by atoms with E-state index in [0.717, 1.165) is 39.0 Å². The molecule has 460 valence electrons. The second-order valence-corrected chi connectivity index (χ2v) is 26.0. The first-order valence-electron chi connectivity index (χ1n) is 29.2. The Morgan fingerprint density at radius 1 is 0.706 bits per heavy atom. The minimum Gasteiger partial charge on any atom is -0.490 e. The Balaban J connectivity index is 0.000000245. The lowest BCUT2D eigenvalue weighted by molar-refractivity contribution is -0.134. The van der Waals surface area contributed by atoms with Gasteiger partial charge < -0.3 is 44.5 Å². The van der Waals surface area contributed by atoms with E-state index in [1.54, 1.807) is 73.3 Å². The van der Waals surface area contributed by atoms with Crippen molar-refractivity contribution in [2.24, 2.45) is 5.92 Å². The molecular weight excluding hydrogens is 1090 g/mol. The Labute approximate surface area is 496 Å². The second-order valence-electron chi connectivity index (χ2n) is 26.0. The van der Waals surface area contributed by atoms with Crippen LogP contribution in [0.15, 0.2) is 112 Å². The summed E-state index contributed by atoms with van der Waals surface area (Å²) >= 11 is 0. The predicted octanol–water partition coefficient (Wildman–Crippen LogP) is 7.98. The summed E-state index contributed by atoms with van der Waals surface area (Å²) in [6.45, 7) is 21.0. The summed E-state index contributed by atoms with van der Waals surface area (Å²) in [7, 11) is 0. The summed E-state index contributed by atoms with van der Waals surface area (Å²) in [6.07, 6.45) is 4.86. The number of nitrogens with zero attached hydrogens (tertiary/aromatic N) is 6. The standard InChI is InChI=1S/C40H50FN5O6.C24H35FN4O4/c1-39(2,25-41)44-38(50)31-23-46(40(3,4)35-20-28-21-42-15-14-33(28)52-35)17-16-45(31)22-29(47)19-27(18-26-10-6-5-7-11-26)37(49)43-36-30-12-8-9-13-34(30)51-24-32(36)48;1-22(2,3)33-21(31)29-11-10-28(14-17(29)20(30)27-23(4,5)15-25)24(6,7)19-12-16-13-26-9-8-18(16)32-19/h5-15,20-21,27,29,31-32,36,47-48H,16-19,22-25H2,1-4H3,(H,43,49)(H,44,50);8-9,12-13,17H,10-11,14-15H2,1-7H3,(H,27,30)/t27-,29+,31+,32-,36+;17-/m10/s1. The smallest absolute Gasteiger partial charge is 0.411 e. The third kappa shape index (κ3) is 15.7. The molecule has 19 nitrogen and oxygen atoms in total. The summed E-state index contributed by atoms with van der Waals surface area (Å²) in [6, 6.07) is 22.2. The molecule has 6 aromatic rings. The molecule has 0 aliphatic carbocycles. The molecule has 6 atom stereocenters. The Morgan fingerprint density at radius 2 is 1.24 bits per heavy atom. The fourth-order valence-corrected chi connectivity index (χ4v) is 11.1. The van der Waals surface area contributed by atoms with E-state index in [9.17, 15) is 38.2 Å². The van der Waals surface area contributed by atoms with Crippen molar-refractivity contribution in [3.63, 3.8) is 0 Å². The van der Waals surface area contributed by atoms with E-state index in [4.69, 9.17) is 18.3 Å². The van der Waals surface area contributed by atoms with E-state index in [0.29, 0.717) is 43.9 Å². The van der Waals surface area contributed by atoms with Crippen LogP contribution in [0.25, 0.3) is 21.9 Å². The Kier molecular flexibility index (Phi) is 19.8. The number of fused-ring (bicyclic) bond motifs is 3. The molecule has 0 radical (unpaired) electrons. The molecule has 21 heteroatoms. The number of piperazine rings is 2.